The number of hydrogen-bond acceptors (Lipinski definition) is 0. The summed E-state index contributed by atoms with van der Waals surface area (Å²) in [7, 11) is 0. The fourth-order valence-electron chi connectivity index (χ4n) is 0.655. The molecular weight excluding hydrogens is 340 g/mol. The minimum Gasteiger partial charge on any atom is -0.343 e. The van der Waals surface area contributed by atoms with Crippen LogP contribution >= 0.6 is 0 Å². The molecule has 0 bridgehead atoms. The molecule has 0 aliphatic heterocycles. The molecule has 0 spiro atoms. The minimum atomic E-state index is 0. The average molecular weight is 368 g/mol. The third-order valence-corrected chi connectivity index (χ3v) is 1.75. The van der Waals surface area contributed by atoms with Gasteiger partial charge in [-0.3, -0.25) is 0 Å². The Labute approximate surface area is 107 Å². The summed E-state index contributed by atoms with van der Waals surface area (Å²) in [5, 5.41) is 0. The van der Waals surface area contributed by atoms with Crippen LogP contribution in [0, 0.1) is 25.2 Å². The van der Waals surface area contributed by atoms with Gasteiger partial charge in [-0.2, -0.15) is 12.8 Å². The van der Waals surface area contributed by atoms with E-state index in [0.717, 1.165) is 18.8 Å². The van der Waals surface area contributed by atoms with E-state index < -0.39 is 0 Å². The van der Waals surface area contributed by atoms with Gasteiger partial charge in [-0.25, -0.2) is 0 Å². The summed E-state index contributed by atoms with van der Waals surface area (Å²) in [5.41, 5.74) is 0.512. The van der Waals surface area contributed by atoms with Gasteiger partial charge in [0.2, 0.25) is 0 Å². The van der Waals surface area contributed by atoms with E-state index >= 15 is 0 Å². The molecule has 0 heterocycles. The van der Waals surface area contributed by atoms with E-state index in [1.54, 1.807) is 0 Å². The van der Waals surface area contributed by atoms with Gasteiger partial charge in [-0.05, 0) is 5.41 Å². The van der Waals surface area contributed by atoms with Crippen molar-refractivity contribution in [1.82, 2.24) is 0 Å². The van der Waals surface area contributed by atoms with Gasteiger partial charge in [0.25, 0.3) is 0 Å². The first-order valence-electron chi connectivity index (χ1n) is 5.42. The van der Waals surface area contributed by atoms with Crippen LogP contribution in [-0.2, 0) is 21.1 Å². The van der Waals surface area contributed by atoms with E-state index in [0.29, 0.717) is 5.41 Å². The van der Waals surface area contributed by atoms with E-state index in [1.807, 2.05) is 0 Å². The van der Waals surface area contributed by atoms with Gasteiger partial charge in [0.05, 0.1) is 0 Å². The fraction of sp³-hybridized carbons (Fsp3) is 0.846. The molecule has 0 unspecified atom stereocenters. The third-order valence-electron chi connectivity index (χ3n) is 1.75. The summed E-state index contributed by atoms with van der Waals surface area (Å²) in [5.74, 6) is 0.773. The van der Waals surface area contributed by atoms with Crippen LogP contribution in [0.25, 0.3) is 0 Å². The predicted octanol–water partition coefficient (Wildman–Crippen LogP) is 4.90. The standard InChI is InChI=1S/C8H17.C5H11.W/c1-5-6-7-8(2,3)4;1-4-5(2)3;/h1,5-7H2,2-4H3;5H,1,4H2,2-3H3;/q2*-1;+2. The van der Waals surface area contributed by atoms with Gasteiger partial charge in [0.15, 0.2) is 0 Å². The molecule has 0 rings (SSSR count). The third kappa shape index (κ3) is 29.3. The van der Waals surface area contributed by atoms with Crippen LogP contribution in [0.3, 0.4) is 0 Å². The van der Waals surface area contributed by atoms with Crippen molar-refractivity contribution in [3.63, 3.8) is 0 Å². The minimum absolute atomic E-state index is 0. The van der Waals surface area contributed by atoms with Crippen molar-refractivity contribution in [2.75, 3.05) is 0 Å². The van der Waals surface area contributed by atoms with Crippen molar-refractivity contribution in [2.24, 2.45) is 11.3 Å². The maximum absolute atomic E-state index is 3.79. The van der Waals surface area contributed by atoms with Crippen LogP contribution in [0.4, 0.5) is 0 Å². The van der Waals surface area contributed by atoms with Crippen LogP contribution < -0.4 is 0 Å². The fourth-order valence-corrected chi connectivity index (χ4v) is 0.655. The Morgan fingerprint density at radius 1 is 1.07 bits per heavy atom. The first-order chi connectivity index (χ1) is 5.83. The molecule has 86 valence electrons. The molecule has 0 aromatic rings. The largest absolute Gasteiger partial charge is 2.00 e. The summed E-state index contributed by atoms with van der Waals surface area (Å²) in [6.07, 6.45) is 4.71. The monoisotopic (exact) mass is 368 g/mol. The molecule has 0 saturated carbocycles. The van der Waals surface area contributed by atoms with Crippen molar-refractivity contribution >= 4 is 0 Å². The Kier molecular flexibility index (Phi) is 16.9. The van der Waals surface area contributed by atoms with E-state index in [4.69, 9.17) is 0 Å². The first kappa shape index (κ1) is 20.1. The molecule has 0 saturated heterocycles. The Hall–Kier alpha value is 0.688. The van der Waals surface area contributed by atoms with E-state index in [2.05, 4.69) is 48.5 Å². The van der Waals surface area contributed by atoms with Crippen molar-refractivity contribution in [1.29, 1.82) is 0 Å². The molecule has 0 amide bonds. The van der Waals surface area contributed by atoms with E-state index in [1.165, 1.54) is 12.8 Å². The number of unbranched alkanes of at least 4 members (excludes halogenated alkanes) is 1. The maximum atomic E-state index is 3.79. The average Bonchev–Trinajstić information content (AvgIpc) is 2.00. The Bertz CT molecular complexity index is 89.9. The molecule has 0 N–H and O–H groups in total. The Morgan fingerprint density at radius 3 is 1.50 bits per heavy atom. The van der Waals surface area contributed by atoms with Crippen molar-refractivity contribution in [3.05, 3.63) is 13.8 Å². The number of hydrogen-bond donors (Lipinski definition) is 0. The molecule has 0 fully saturated rings. The van der Waals surface area contributed by atoms with Gasteiger partial charge < -0.3 is 13.8 Å². The molecule has 0 radical (unpaired) electrons. The second-order valence-electron chi connectivity index (χ2n) is 5.20. The number of rotatable bonds is 3. The maximum Gasteiger partial charge on any atom is 2.00 e. The zero-order valence-electron chi connectivity index (χ0n) is 10.7. The van der Waals surface area contributed by atoms with Gasteiger partial charge in [0, 0.05) is 0 Å². The van der Waals surface area contributed by atoms with Crippen LogP contribution in [0.2, 0.25) is 0 Å². The quantitative estimate of drug-likeness (QED) is 0.622. The van der Waals surface area contributed by atoms with Crippen molar-refractivity contribution in [3.8, 4) is 0 Å². The van der Waals surface area contributed by atoms with Crippen molar-refractivity contribution in [2.45, 2.75) is 60.3 Å². The molecular formula is C13H28W. The molecule has 14 heavy (non-hydrogen) atoms. The summed E-state index contributed by atoms with van der Waals surface area (Å²) in [4.78, 5) is 0. The Morgan fingerprint density at radius 2 is 1.43 bits per heavy atom. The second-order valence-corrected chi connectivity index (χ2v) is 5.20. The second kappa shape index (κ2) is 11.8. The molecule has 0 aliphatic rings. The van der Waals surface area contributed by atoms with Gasteiger partial charge in [-0.1, -0.05) is 53.4 Å². The zero-order valence-corrected chi connectivity index (χ0v) is 13.7. The Balaban J connectivity index is -0.000000177. The molecule has 0 aromatic heterocycles. The molecule has 0 atom stereocenters. The van der Waals surface area contributed by atoms with E-state index in [9.17, 15) is 0 Å². The molecule has 0 aromatic carbocycles. The predicted molar refractivity (Wildman–Crippen MR) is 63.5 cm³/mol. The smallest absolute Gasteiger partial charge is 0.343 e. The summed E-state index contributed by atoms with van der Waals surface area (Å²) >= 11 is 0. The summed E-state index contributed by atoms with van der Waals surface area (Å²) in [6.45, 7) is 18.6. The molecule has 0 aliphatic carbocycles. The topological polar surface area (TPSA) is 0 Å². The zero-order chi connectivity index (χ0) is 10.9. The normalized spacial score (nSPS) is 10.3. The summed E-state index contributed by atoms with van der Waals surface area (Å²) < 4.78 is 0. The van der Waals surface area contributed by atoms with Crippen molar-refractivity contribution < 1.29 is 21.1 Å². The van der Waals surface area contributed by atoms with Gasteiger partial charge in [-0.15, -0.1) is 0 Å². The van der Waals surface area contributed by atoms with Gasteiger partial charge in [0.1, 0.15) is 0 Å². The van der Waals surface area contributed by atoms with E-state index in [-0.39, 0.29) is 21.1 Å². The SMILES string of the molecule is [CH2-]CC(C)C.[CH2-]CCCC(C)(C)C.[W+2]. The summed E-state index contributed by atoms with van der Waals surface area (Å²) in [6, 6.07) is 0. The van der Waals surface area contributed by atoms with Crippen LogP contribution in [-0.4, -0.2) is 0 Å². The van der Waals surface area contributed by atoms with Crippen LogP contribution in [0.15, 0.2) is 0 Å². The molecule has 0 nitrogen and oxygen atoms in total. The van der Waals surface area contributed by atoms with Crippen LogP contribution in [0.5, 0.6) is 0 Å². The first-order valence-corrected chi connectivity index (χ1v) is 5.42. The van der Waals surface area contributed by atoms with Crippen LogP contribution in [0.1, 0.15) is 60.3 Å². The van der Waals surface area contributed by atoms with Gasteiger partial charge >= 0.3 is 21.1 Å². The molecule has 1 heteroatoms.